The number of carbonyl (C=O) groups is 1. The quantitative estimate of drug-likeness (QED) is 0.444. The van der Waals surface area contributed by atoms with Crippen molar-refractivity contribution in [3.63, 3.8) is 0 Å². The van der Waals surface area contributed by atoms with E-state index in [1.54, 1.807) is 0 Å². The van der Waals surface area contributed by atoms with Gasteiger partial charge in [-0.25, -0.2) is 4.98 Å². The van der Waals surface area contributed by atoms with Crippen molar-refractivity contribution in [1.82, 2.24) is 15.2 Å². The van der Waals surface area contributed by atoms with Gasteiger partial charge in [-0.3, -0.25) is 4.79 Å². The lowest BCUT2D eigenvalue weighted by atomic mass is 9.91. The van der Waals surface area contributed by atoms with E-state index in [0.29, 0.717) is 24.6 Å². The highest BCUT2D eigenvalue weighted by Crippen LogP contribution is 2.38. The summed E-state index contributed by atoms with van der Waals surface area (Å²) >= 11 is 0. The van der Waals surface area contributed by atoms with Gasteiger partial charge in [0, 0.05) is 66.5 Å². The van der Waals surface area contributed by atoms with E-state index < -0.39 is 0 Å². The van der Waals surface area contributed by atoms with E-state index >= 15 is 0 Å². The number of anilines is 2. The van der Waals surface area contributed by atoms with E-state index in [1.165, 1.54) is 33.3 Å². The summed E-state index contributed by atoms with van der Waals surface area (Å²) < 4.78 is 0. The summed E-state index contributed by atoms with van der Waals surface area (Å²) in [4.78, 5) is 25.7. The zero-order chi connectivity index (χ0) is 28.4. The van der Waals surface area contributed by atoms with Gasteiger partial charge >= 0.3 is 0 Å². The number of pyridine rings is 1. The lowest BCUT2D eigenvalue weighted by Gasteiger charge is -2.39. The molecule has 5 rings (SSSR count). The maximum Gasteiger partial charge on any atom is 0.270 e. The third kappa shape index (κ3) is 5.64. The lowest BCUT2D eigenvalue weighted by Crippen LogP contribution is -2.42. The van der Waals surface area contributed by atoms with Crippen molar-refractivity contribution in [1.29, 1.82) is 5.26 Å². The monoisotopic (exact) mass is 538 g/mol. The molecule has 3 aromatic rings. The van der Waals surface area contributed by atoms with E-state index in [1.807, 2.05) is 21.0 Å². The Morgan fingerprint density at radius 3 is 2.70 bits per heavy atom. The van der Waals surface area contributed by atoms with Crippen LogP contribution in [0.25, 0.3) is 10.8 Å². The number of benzene rings is 2. The van der Waals surface area contributed by atoms with E-state index in [2.05, 4.69) is 76.3 Å². The molecule has 7 nitrogen and oxygen atoms in total. The molecule has 2 atom stereocenters. The summed E-state index contributed by atoms with van der Waals surface area (Å²) in [5, 5.41) is 15.1. The zero-order valence-electron chi connectivity index (χ0n) is 24.6. The van der Waals surface area contributed by atoms with Crippen molar-refractivity contribution >= 4 is 28.1 Å². The second-order valence-electron chi connectivity index (χ2n) is 11.9. The molecule has 0 bridgehead atoms. The number of amides is 1. The molecule has 1 amide bonds. The van der Waals surface area contributed by atoms with Crippen LogP contribution in [0.15, 0.2) is 36.4 Å². The summed E-state index contributed by atoms with van der Waals surface area (Å²) in [6, 6.07) is 15.4. The minimum atomic E-state index is -0.111. The van der Waals surface area contributed by atoms with Gasteiger partial charge in [-0.2, -0.15) is 5.26 Å². The van der Waals surface area contributed by atoms with Gasteiger partial charge < -0.3 is 20.0 Å². The van der Waals surface area contributed by atoms with Crippen molar-refractivity contribution in [3.05, 3.63) is 64.5 Å². The molecule has 1 saturated heterocycles. The molecule has 0 aliphatic carbocycles. The van der Waals surface area contributed by atoms with Gasteiger partial charge in [0.2, 0.25) is 0 Å². The Bertz CT molecular complexity index is 1440. The lowest BCUT2D eigenvalue weighted by molar-refractivity contribution is 0.0928. The van der Waals surface area contributed by atoms with E-state index in [0.717, 1.165) is 56.7 Å². The molecule has 7 heteroatoms. The Morgan fingerprint density at radius 2 is 1.95 bits per heavy atom. The first-order chi connectivity index (χ1) is 19.3. The van der Waals surface area contributed by atoms with Crippen molar-refractivity contribution in [2.75, 3.05) is 50.1 Å². The van der Waals surface area contributed by atoms with Gasteiger partial charge in [0.25, 0.3) is 5.91 Å². The van der Waals surface area contributed by atoms with Crippen molar-refractivity contribution in [2.24, 2.45) is 5.92 Å². The number of rotatable bonds is 7. The molecule has 2 aliphatic rings. The van der Waals surface area contributed by atoms with Gasteiger partial charge in [0.05, 0.1) is 18.3 Å². The molecule has 0 spiro atoms. The average molecular weight is 539 g/mol. The number of aryl methyl sites for hydroxylation is 1. The highest BCUT2D eigenvalue weighted by Gasteiger charge is 2.31. The molecule has 1 fully saturated rings. The maximum atomic E-state index is 13.6. The number of hydrogen-bond donors (Lipinski definition) is 1. The van der Waals surface area contributed by atoms with Crippen LogP contribution in [0.5, 0.6) is 0 Å². The molecule has 210 valence electrons. The predicted molar refractivity (Wildman–Crippen MR) is 163 cm³/mol. The number of likely N-dealkylation sites (N-methyl/N-ethyl adjacent to an activating group) is 1. The number of piperidine rings is 1. The van der Waals surface area contributed by atoms with Crippen LogP contribution in [0, 0.1) is 31.1 Å². The number of fused-ring (bicyclic) bond motifs is 2. The second kappa shape index (κ2) is 11.9. The summed E-state index contributed by atoms with van der Waals surface area (Å²) in [5.41, 5.74) is 7.41. The number of nitriles is 1. The first-order valence-corrected chi connectivity index (χ1v) is 14.6. The number of nitrogens with one attached hydrogen (secondary N) is 1. The fraction of sp³-hybridized carbons (Fsp3) is 0.485. The maximum absolute atomic E-state index is 13.6. The largest absolute Gasteiger partial charge is 0.371 e. The molecule has 2 aliphatic heterocycles. The molecule has 3 heterocycles. The average Bonchev–Trinajstić information content (AvgIpc) is 2.92. The Labute approximate surface area is 238 Å². The van der Waals surface area contributed by atoms with Crippen molar-refractivity contribution in [3.8, 4) is 6.07 Å². The third-order valence-corrected chi connectivity index (χ3v) is 8.44. The van der Waals surface area contributed by atoms with E-state index in [9.17, 15) is 10.1 Å². The van der Waals surface area contributed by atoms with Gasteiger partial charge in [-0.1, -0.05) is 30.3 Å². The Hall–Kier alpha value is -3.63. The molecule has 1 aromatic heterocycles. The van der Waals surface area contributed by atoms with Gasteiger partial charge in [-0.15, -0.1) is 0 Å². The molecular weight excluding hydrogens is 496 g/mol. The van der Waals surface area contributed by atoms with Gasteiger partial charge in [-0.05, 0) is 77.1 Å². The normalized spacial score (nSPS) is 18.0. The van der Waals surface area contributed by atoms with Crippen LogP contribution in [0.4, 0.5) is 11.4 Å². The molecular formula is C33H42N6O. The highest BCUT2D eigenvalue weighted by atomic mass is 16.2. The molecule has 2 aromatic carbocycles. The third-order valence-electron chi connectivity index (χ3n) is 8.44. The van der Waals surface area contributed by atoms with Gasteiger partial charge in [0.15, 0.2) is 0 Å². The summed E-state index contributed by atoms with van der Waals surface area (Å²) in [5.74, 6) is 0.248. The second-order valence-corrected chi connectivity index (χ2v) is 11.9. The first-order valence-electron chi connectivity index (χ1n) is 14.6. The van der Waals surface area contributed by atoms with Crippen LogP contribution in [0.2, 0.25) is 0 Å². The summed E-state index contributed by atoms with van der Waals surface area (Å²) in [7, 11) is 4.03. The van der Waals surface area contributed by atoms with Crippen molar-refractivity contribution in [2.45, 2.75) is 59.0 Å². The smallest absolute Gasteiger partial charge is 0.270 e. The Morgan fingerprint density at radius 1 is 1.18 bits per heavy atom. The van der Waals surface area contributed by atoms with Crippen LogP contribution in [-0.2, 0) is 13.0 Å². The van der Waals surface area contributed by atoms with E-state index in [-0.39, 0.29) is 11.9 Å². The minimum absolute atomic E-state index is 0.00772. The highest BCUT2D eigenvalue weighted by molar-refractivity contribution is 5.98. The molecule has 40 heavy (non-hydrogen) atoms. The zero-order valence-corrected chi connectivity index (χ0v) is 24.6. The number of carbonyl (C=O) groups excluding carboxylic acids is 1. The van der Waals surface area contributed by atoms with Crippen LogP contribution >= 0.6 is 0 Å². The SMILES string of the molecule is Cc1c(C(=O)N[C@H](C)CN(C)C)nc2c(c1N1CCC[C@@H](CC#N)C1)CCN(c1cccc3cccc(C)c13)C2. The molecule has 0 radical (unpaired) electrons. The summed E-state index contributed by atoms with van der Waals surface area (Å²) in [6.07, 6.45) is 3.59. The van der Waals surface area contributed by atoms with Crippen LogP contribution in [0.3, 0.4) is 0 Å². The predicted octanol–water partition coefficient (Wildman–Crippen LogP) is 5.22. The topological polar surface area (TPSA) is 75.5 Å². The van der Waals surface area contributed by atoms with Crippen LogP contribution in [-0.4, -0.2) is 62.1 Å². The minimum Gasteiger partial charge on any atom is -0.371 e. The number of aromatic nitrogens is 1. The van der Waals surface area contributed by atoms with E-state index in [4.69, 9.17) is 4.98 Å². The summed E-state index contributed by atoms with van der Waals surface area (Å²) in [6.45, 7) is 10.4. The molecule has 1 N–H and O–H groups in total. The Balaban J connectivity index is 1.56. The number of hydrogen-bond acceptors (Lipinski definition) is 6. The molecule has 0 unspecified atom stereocenters. The van der Waals surface area contributed by atoms with Crippen molar-refractivity contribution < 1.29 is 4.79 Å². The Kier molecular flexibility index (Phi) is 8.27. The fourth-order valence-corrected chi connectivity index (χ4v) is 6.73. The van der Waals surface area contributed by atoms with Crippen LogP contribution in [0.1, 0.15) is 59.1 Å². The fourth-order valence-electron chi connectivity index (χ4n) is 6.73. The number of nitrogens with zero attached hydrogens (tertiary/aromatic N) is 5. The van der Waals surface area contributed by atoms with Gasteiger partial charge in [0.1, 0.15) is 5.69 Å². The standard InChI is InChI=1S/C33H42N6O/c1-22-9-6-11-26-12-7-13-29(30(22)26)38-18-15-27-28(21-38)36-31(33(40)35-23(2)19-37(4)5)24(3)32(27)39-17-8-10-25(20-39)14-16-34/h6-7,9,11-13,23,25H,8,10,14-15,17-21H2,1-5H3,(H,35,40)/t23-,25+/m1/s1. The molecule has 0 saturated carbocycles. The van der Waals surface area contributed by atoms with Crippen LogP contribution < -0.4 is 15.1 Å². The first kappa shape index (κ1) is 27.9.